The summed E-state index contributed by atoms with van der Waals surface area (Å²) in [6, 6.07) is 5.60. The summed E-state index contributed by atoms with van der Waals surface area (Å²) in [6.07, 6.45) is -33.9. The van der Waals surface area contributed by atoms with E-state index in [1.165, 1.54) is 26.4 Å². The first kappa shape index (κ1) is 44.1. The van der Waals surface area contributed by atoms with E-state index in [0.29, 0.717) is 0 Å². The molecule has 2 aromatic carbocycles. The van der Waals surface area contributed by atoms with Gasteiger partial charge >= 0.3 is 17.9 Å². The van der Waals surface area contributed by atoms with Gasteiger partial charge in [0.15, 0.2) is 47.8 Å². The molecule has 6 rings (SSSR count). The summed E-state index contributed by atoms with van der Waals surface area (Å²) in [5.74, 6) is -7.30. The summed E-state index contributed by atoms with van der Waals surface area (Å²) < 4.78 is 47.9. The van der Waals surface area contributed by atoms with Gasteiger partial charge in [-0.1, -0.05) is 0 Å². The Hall–Kier alpha value is -5.42. The molecule has 328 valence electrons. The van der Waals surface area contributed by atoms with Crippen molar-refractivity contribution < 1.29 is 118 Å². The number of methoxy groups -OCH3 is 2. The number of phenols is 2. The average Bonchev–Trinajstić information content (AvgIpc) is 3.19. The number of carboxylic acid groups (broad SMARTS) is 3. The highest BCUT2D eigenvalue weighted by atomic mass is 16.8. The van der Waals surface area contributed by atoms with Gasteiger partial charge in [0, 0.05) is 23.8 Å². The second-order valence-electron chi connectivity index (χ2n) is 13.6. The molecule has 60 heavy (non-hydrogen) atoms. The van der Waals surface area contributed by atoms with Gasteiger partial charge in [-0.2, -0.15) is 0 Å². The van der Waals surface area contributed by atoms with Crippen molar-refractivity contribution in [1.29, 1.82) is 0 Å². The Morgan fingerprint density at radius 2 is 1.05 bits per heavy atom. The third-order valence-corrected chi connectivity index (χ3v) is 9.77. The summed E-state index contributed by atoms with van der Waals surface area (Å²) in [5.41, 5.74) is -0.875. The molecule has 0 bridgehead atoms. The monoisotopic (exact) mass is 858 g/mol. The van der Waals surface area contributed by atoms with Crippen LogP contribution in [0.2, 0.25) is 0 Å². The van der Waals surface area contributed by atoms with Crippen LogP contribution in [0.25, 0.3) is 22.3 Å². The number of carbonyl (C=O) groups is 3. The number of aliphatic hydroxyl groups is 7. The first-order valence-corrected chi connectivity index (χ1v) is 17.4. The van der Waals surface area contributed by atoms with E-state index < -0.39 is 127 Å². The topological polar surface area (TPSA) is 398 Å². The van der Waals surface area contributed by atoms with Gasteiger partial charge < -0.3 is 104 Å². The summed E-state index contributed by atoms with van der Waals surface area (Å²) in [5, 5.41) is 124. The molecule has 3 aliphatic heterocycles. The Balaban J connectivity index is 1.21. The van der Waals surface area contributed by atoms with Crippen molar-refractivity contribution in [2.75, 3.05) is 14.2 Å². The van der Waals surface area contributed by atoms with E-state index in [1.54, 1.807) is 0 Å². The molecular weight excluding hydrogens is 820 g/mol. The molecule has 0 spiro atoms. The van der Waals surface area contributed by atoms with Crippen molar-refractivity contribution in [1.82, 2.24) is 0 Å². The molecule has 25 nitrogen and oxygen atoms in total. The number of carboxylic acids is 3. The quantitative estimate of drug-likeness (QED) is 0.0825. The number of phenolic OH excluding ortho intramolecular Hbond substituents is 2. The maximum atomic E-state index is 13.1. The summed E-state index contributed by atoms with van der Waals surface area (Å²) in [6.45, 7) is 0. The normalized spacial score (nSPS) is 34.5. The van der Waals surface area contributed by atoms with Gasteiger partial charge in [0.25, 0.3) is 0 Å². The lowest BCUT2D eigenvalue weighted by atomic mass is 9.95. The van der Waals surface area contributed by atoms with Crippen molar-refractivity contribution in [3.63, 3.8) is 0 Å². The van der Waals surface area contributed by atoms with Crippen LogP contribution in [-0.4, -0.2) is 186 Å². The zero-order valence-electron chi connectivity index (χ0n) is 30.7. The van der Waals surface area contributed by atoms with E-state index in [4.69, 9.17) is 42.3 Å². The van der Waals surface area contributed by atoms with Crippen LogP contribution in [-0.2, 0) is 38.1 Å². The van der Waals surface area contributed by atoms with Crippen LogP contribution in [0.5, 0.6) is 28.7 Å². The van der Waals surface area contributed by atoms with E-state index in [2.05, 4.69) is 0 Å². The highest BCUT2D eigenvalue weighted by Gasteiger charge is 2.57. The maximum absolute atomic E-state index is 13.1. The number of hydrogen-bond donors (Lipinski definition) is 12. The number of aromatic hydroxyl groups is 2. The molecule has 15 atom stereocenters. The van der Waals surface area contributed by atoms with Crippen LogP contribution in [0.1, 0.15) is 0 Å². The molecule has 0 saturated carbocycles. The van der Waals surface area contributed by atoms with Crippen LogP contribution >= 0.6 is 0 Å². The SMILES string of the molecule is COc1cc(-c2cc(=O)c3c(O)cc(O[C@H]4O[C@@H](C(=O)O)[C@H](O[C@H]5O[C@@H](C(=O)O)[C@H](O[C@H]6O[C@H](C(=O)O)[C@H](O)[C@@H](O)[C@@H]6O)[C@H](O)[C@H]5O)[C@@H](O)[C@@H]4O)cc3o2)cc(OC)c1O. The van der Waals surface area contributed by atoms with Gasteiger partial charge in [0.1, 0.15) is 83.2 Å². The highest BCUT2D eigenvalue weighted by molar-refractivity contribution is 5.86. The highest BCUT2D eigenvalue weighted by Crippen LogP contribution is 2.41. The molecule has 3 aliphatic rings. The van der Waals surface area contributed by atoms with Gasteiger partial charge in [-0.3, -0.25) is 4.79 Å². The second-order valence-corrected chi connectivity index (χ2v) is 13.6. The van der Waals surface area contributed by atoms with Crippen LogP contribution in [0.4, 0.5) is 0 Å². The Morgan fingerprint density at radius 1 is 0.583 bits per heavy atom. The molecule has 3 fully saturated rings. The molecule has 3 aromatic rings. The van der Waals surface area contributed by atoms with E-state index in [-0.39, 0.29) is 39.5 Å². The first-order chi connectivity index (χ1) is 28.3. The number of aliphatic hydroxyl groups excluding tert-OH is 7. The van der Waals surface area contributed by atoms with Crippen molar-refractivity contribution in [3.8, 4) is 40.1 Å². The first-order valence-electron chi connectivity index (χ1n) is 17.4. The molecule has 0 aliphatic carbocycles. The number of ether oxygens (including phenoxy) is 8. The molecule has 25 heteroatoms. The maximum Gasteiger partial charge on any atom is 0.335 e. The molecule has 4 heterocycles. The third kappa shape index (κ3) is 8.20. The fourth-order valence-corrected chi connectivity index (χ4v) is 6.68. The third-order valence-electron chi connectivity index (χ3n) is 9.77. The minimum atomic E-state index is -2.39. The van der Waals surface area contributed by atoms with Crippen LogP contribution < -0.4 is 19.6 Å². The Kier molecular flexibility index (Phi) is 12.7. The molecule has 0 unspecified atom stereocenters. The van der Waals surface area contributed by atoms with Gasteiger partial charge in [0.05, 0.1) is 14.2 Å². The summed E-state index contributed by atoms with van der Waals surface area (Å²) in [7, 11) is 2.53. The number of hydrogen-bond acceptors (Lipinski definition) is 22. The predicted molar refractivity (Wildman–Crippen MR) is 186 cm³/mol. The van der Waals surface area contributed by atoms with Crippen molar-refractivity contribution in [3.05, 3.63) is 40.6 Å². The minimum absolute atomic E-state index is 0.0450. The number of benzene rings is 2. The molecule has 0 amide bonds. The zero-order chi connectivity index (χ0) is 44.1. The lowest BCUT2D eigenvalue weighted by molar-refractivity contribution is -0.367. The molecule has 12 N–H and O–H groups in total. The average molecular weight is 859 g/mol. The number of fused-ring (bicyclic) bond motifs is 1. The van der Waals surface area contributed by atoms with Crippen LogP contribution in [0.3, 0.4) is 0 Å². The number of aliphatic carboxylic acids is 3. The fraction of sp³-hybridized carbons (Fsp3) is 0.486. The van der Waals surface area contributed by atoms with E-state index >= 15 is 0 Å². The Bertz CT molecular complexity index is 2130. The molecule has 1 aromatic heterocycles. The van der Waals surface area contributed by atoms with Crippen LogP contribution in [0.15, 0.2) is 39.5 Å². The Morgan fingerprint density at radius 3 is 1.55 bits per heavy atom. The summed E-state index contributed by atoms with van der Waals surface area (Å²) >= 11 is 0. The van der Waals surface area contributed by atoms with E-state index in [9.17, 15) is 80.5 Å². The van der Waals surface area contributed by atoms with Crippen molar-refractivity contribution in [2.24, 2.45) is 0 Å². The van der Waals surface area contributed by atoms with E-state index in [1.807, 2.05) is 0 Å². The standard InChI is InChI=1S/C35H38O25/c1-52-14-3-8(4-15(53-2)17(14)38)12-7-11(37)16-10(36)5-9(6-13(16)55-12)54-33-23(44)20(41)25(28(59-33)31(48)49)57-35-24(45)21(42)26(29(60-35)32(50)51)56-34-22(43)18(39)19(40)27(58-34)30(46)47/h3-7,18-29,33-36,38-45H,1-2H3,(H,46,47)(H,48,49)(H,50,51)/t18-,19-,20+,21-,22+,23+,24-,25-,26-,27+,28-,29-,33+,34+,35+/m1/s1. The fourth-order valence-electron chi connectivity index (χ4n) is 6.68. The van der Waals surface area contributed by atoms with E-state index in [0.717, 1.165) is 18.2 Å². The van der Waals surface area contributed by atoms with Gasteiger partial charge in [-0.25, -0.2) is 14.4 Å². The second kappa shape index (κ2) is 17.3. The predicted octanol–water partition coefficient (Wildman–Crippen LogP) is -4.01. The van der Waals surface area contributed by atoms with Gasteiger partial charge in [-0.15, -0.1) is 0 Å². The summed E-state index contributed by atoms with van der Waals surface area (Å²) in [4.78, 5) is 49.2. The largest absolute Gasteiger partial charge is 0.507 e. The van der Waals surface area contributed by atoms with Crippen LogP contribution in [0, 0.1) is 0 Å². The Labute approximate surface area is 333 Å². The van der Waals surface area contributed by atoms with Gasteiger partial charge in [-0.05, 0) is 12.1 Å². The minimum Gasteiger partial charge on any atom is -0.507 e. The molecular formula is C35H38O25. The smallest absolute Gasteiger partial charge is 0.335 e. The van der Waals surface area contributed by atoms with Crippen molar-refractivity contribution in [2.45, 2.75) is 92.1 Å². The van der Waals surface area contributed by atoms with Crippen molar-refractivity contribution >= 4 is 28.9 Å². The number of rotatable bonds is 12. The van der Waals surface area contributed by atoms with Gasteiger partial charge in [0.2, 0.25) is 12.0 Å². The molecule has 3 saturated heterocycles. The molecule has 0 radical (unpaired) electrons. The lowest BCUT2D eigenvalue weighted by Gasteiger charge is -2.46. The zero-order valence-corrected chi connectivity index (χ0v) is 30.7. The lowest BCUT2D eigenvalue weighted by Crippen LogP contribution is -2.67.